The molecule has 3 saturated carbocycles. The largest absolute Gasteiger partial charge is 2.00 e. The summed E-state index contributed by atoms with van der Waals surface area (Å²) in [6, 6.07) is 0. The summed E-state index contributed by atoms with van der Waals surface area (Å²) in [4.78, 5) is 12.6. The van der Waals surface area contributed by atoms with E-state index in [2.05, 4.69) is 64.2 Å². The SMILES string of the molecule is C.C.C=C(C)C1(OCC)CCC(C)C(OCC)C1(O)C#CC.C=C(C)C1(OCC)CCC(C)C(OCC)C1(O)C#CC.C=C(C)C1(OCC)CCC(C)C(OCC)C1=O.[Br-].[C-]#CC.[Mg+2].[SiH3-]. The number of rotatable bonds is 15. The Morgan fingerprint density at radius 1 is 0.631 bits per heavy atom. The molecule has 65 heavy (non-hydrogen) atoms. The molecule has 0 aliphatic heterocycles. The quantitative estimate of drug-likeness (QED) is 0.0897. The number of halogens is 1. The van der Waals surface area contributed by atoms with Crippen molar-refractivity contribution < 1.29 is 60.4 Å². The first-order chi connectivity index (χ1) is 28.2. The Morgan fingerprint density at radius 2 is 0.954 bits per heavy atom. The van der Waals surface area contributed by atoms with Crippen LogP contribution in [0.2, 0.25) is 0 Å². The van der Waals surface area contributed by atoms with Crippen molar-refractivity contribution in [3.05, 3.63) is 42.9 Å². The average molecular weight is 1010 g/mol. The predicted octanol–water partition coefficient (Wildman–Crippen LogP) is 5.90. The maximum atomic E-state index is 12.6. The zero-order valence-electron chi connectivity index (χ0n) is 42.4. The van der Waals surface area contributed by atoms with Gasteiger partial charge in [0, 0.05) is 39.6 Å². The first-order valence-corrected chi connectivity index (χ1v) is 22.1. The number of carbonyl (C=O) groups excluding carboxylic acids is 1. The number of Topliss-reactive ketones (excluding diaryl/α,β-unsaturated/α-hetero) is 1. The zero-order chi connectivity index (χ0) is 46.5. The molecule has 374 valence electrons. The summed E-state index contributed by atoms with van der Waals surface area (Å²) in [6.45, 7) is 43.7. The summed E-state index contributed by atoms with van der Waals surface area (Å²) < 4.78 is 35.0. The van der Waals surface area contributed by atoms with Crippen molar-refractivity contribution in [1.82, 2.24) is 0 Å². The zero-order valence-corrected chi connectivity index (χ0v) is 47.4. The van der Waals surface area contributed by atoms with E-state index in [0.29, 0.717) is 52.5 Å². The molecule has 11 atom stereocenters. The van der Waals surface area contributed by atoms with Gasteiger partial charge in [0.25, 0.3) is 0 Å². The van der Waals surface area contributed by atoms with Gasteiger partial charge in [-0.2, -0.15) is 0 Å². The van der Waals surface area contributed by atoms with E-state index >= 15 is 0 Å². The number of hydrogen-bond acceptors (Lipinski definition) is 9. The molecule has 3 aliphatic rings. The van der Waals surface area contributed by atoms with Crippen LogP contribution < -0.4 is 17.0 Å². The fraction of sp³-hybridized carbons (Fsp3) is 0.755. The number of ether oxygens (including phenoxy) is 6. The molecule has 0 radical (unpaired) electrons. The van der Waals surface area contributed by atoms with Gasteiger partial charge in [-0.3, -0.25) is 4.79 Å². The van der Waals surface area contributed by atoms with Gasteiger partial charge in [0.05, 0.1) is 0 Å². The molecule has 11 unspecified atom stereocenters. The van der Waals surface area contributed by atoms with E-state index in [1.165, 1.54) is 0 Å². The molecule has 0 aromatic rings. The maximum Gasteiger partial charge on any atom is 2.00 e. The van der Waals surface area contributed by atoms with E-state index in [0.717, 1.165) is 42.4 Å². The van der Waals surface area contributed by atoms with Crippen LogP contribution in [0.4, 0.5) is 0 Å². The molecule has 0 aromatic heterocycles. The summed E-state index contributed by atoms with van der Waals surface area (Å²) in [5, 5.41) is 22.7. The third kappa shape index (κ3) is 17.3. The first kappa shape index (κ1) is 75.2. The van der Waals surface area contributed by atoms with Crippen LogP contribution in [0, 0.1) is 53.8 Å². The first-order valence-electron chi connectivity index (χ1n) is 22.1. The van der Waals surface area contributed by atoms with Gasteiger partial charge in [-0.15, -0.1) is 11.8 Å². The molecule has 12 heteroatoms. The Hall–Kier alpha value is -1.29. The molecule has 0 saturated heterocycles. The topological polar surface area (TPSA) is 113 Å². The molecule has 0 amide bonds. The molecular weight excluding hydrogens is 913 g/mol. The number of aliphatic hydroxyl groups is 2. The van der Waals surface area contributed by atoms with E-state index in [1.807, 2.05) is 68.2 Å². The van der Waals surface area contributed by atoms with Crippen molar-refractivity contribution in [3.8, 4) is 29.6 Å². The van der Waals surface area contributed by atoms with E-state index in [9.17, 15) is 15.0 Å². The van der Waals surface area contributed by atoms with E-state index in [4.69, 9.17) is 34.8 Å². The van der Waals surface area contributed by atoms with Gasteiger partial charge in [0.15, 0.2) is 17.0 Å². The minimum atomic E-state index is -1.35. The van der Waals surface area contributed by atoms with Gasteiger partial charge in [0.2, 0.25) is 0 Å². The molecule has 3 fully saturated rings. The van der Waals surface area contributed by atoms with Gasteiger partial charge in [-0.1, -0.05) is 67.2 Å². The van der Waals surface area contributed by atoms with Gasteiger partial charge < -0.3 is 78.9 Å². The fourth-order valence-corrected chi connectivity index (χ4v) is 9.21. The smallest absolute Gasteiger partial charge is 1.00 e. The number of ketones is 1. The Labute approximate surface area is 431 Å². The third-order valence-corrected chi connectivity index (χ3v) is 12.0. The summed E-state index contributed by atoms with van der Waals surface area (Å²) in [5.74, 6) is 14.4. The van der Waals surface area contributed by atoms with Crippen molar-refractivity contribution in [3.63, 3.8) is 0 Å². The molecule has 3 aliphatic carbocycles. The molecule has 0 bridgehead atoms. The predicted molar refractivity (Wildman–Crippen MR) is 273 cm³/mol. The van der Waals surface area contributed by atoms with E-state index < -0.39 is 28.0 Å². The standard InChI is InChI=1S/2C17H28O3.C14H24O3.C3H3.2CH4.BrH.Mg.H3Si/c2*1-7-11-16(18)15(19-8-2)14(6)10-12-17(16,13(4)5)20-9-3;1-6-16-12-11(5)8-9-14(10(3)4,13(12)15)17-7-2;1-3-2;;;;;/h2*14-15,18H,4,8-10,12H2,1-3,5-6H3;11-12H,3,6-9H2,1-2,4-5H3;1H3;2*1H4;1H;;1H3/q;;;-1;;;;+2;-1/p-1. The minimum absolute atomic E-state index is 0. The summed E-state index contributed by atoms with van der Waals surface area (Å²) in [5.41, 5.74) is -2.81. The van der Waals surface area contributed by atoms with Crippen molar-refractivity contribution >= 4 is 39.8 Å². The second-order valence-electron chi connectivity index (χ2n) is 16.2. The van der Waals surface area contributed by atoms with Crippen molar-refractivity contribution in [2.75, 3.05) is 39.6 Å². The molecule has 9 nitrogen and oxygen atoms in total. The summed E-state index contributed by atoms with van der Waals surface area (Å²) >= 11 is 0. The van der Waals surface area contributed by atoms with Crippen LogP contribution in [0.3, 0.4) is 0 Å². The van der Waals surface area contributed by atoms with E-state index in [-0.39, 0.29) is 108 Å². The van der Waals surface area contributed by atoms with Crippen molar-refractivity contribution in [1.29, 1.82) is 0 Å². The van der Waals surface area contributed by atoms with Crippen LogP contribution in [-0.4, -0.2) is 136 Å². The molecule has 3 rings (SSSR count). The molecule has 0 aromatic carbocycles. The van der Waals surface area contributed by atoms with Crippen LogP contribution in [-0.2, 0) is 33.2 Å². The van der Waals surface area contributed by atoms with Crippen LogP contribution >= 0.6 is 0 Å². The van der Waals surface area contributed by atoms with Gasteiger partial charge in [0.1, 0.15) is 35.1 Å². The molecule has 2 N–H and O–H groups in total. The van der Waals surface area contributed by atoms with Crippen molar-refractivity contribution in [2.45, 2.75) is 204 Å². The Morgan fingerprint density at radius 3 is 1.22 bits per heavy atom. The van der Waals surface area contributed by atoms with Gasteiger partial charge >= 0.3 is 23.1 Å². The monoisotopic (exact) mass is 1010 g/mol. The summed E-state index contributed by atoms with van der Waals surface area (Å²) in [6.07, 6.45) is 9.81. The second kappa shape index (κ2) is 35.8. The van der Waals surface area contributed by atoms with Crippen LogP contribution in [0.1, 0.15) is 157 Å². The average Bonchev–Trinajstić information content (AvgIpc) is 3.18. The number of hydrogen-bond donors (Lipinski definition) is 2. The van der Waals surface area contributed by atoms with Gasteiger partial charge in [-0.05, 0) is 156 Å². The second-order valence-corrected chi connectivity index (χ2v) is 16.2. The molecule has 0 spiro atoms. The minimum Gasteiger partial charge on any atom is -1.00 e. The van der Waals surface area contributed by atoms with Gasteiger partial charge in [-0.25, -0.2) is 0 Å². The van der Waals surface area contributed by atoms with Crippen LogP contribution in [0.15, 0.2) is 36.5 Å². The van der Waals surface area contributed by atoms with Crippen LogP contribution in [0.25, 0.3) is 0 Å². The van der Waals surface area contributed by atoms with Crippen LogP contribution in [0.5, 0.6) is 0 Å². The number of carbonyl (C=O) groups is 1. The summed E-state index contributed by atoms with van der Waals surface area (Å²) in [7, 11) is 0. The Bertz CT molecular complexity index is 1490. The normalized spacial score (nSPS) is 31.8. The molecule has 0 heterocycles. The Kier molecular flexibility index (Phi) is 41.4. The van der Waals surface area contributed by atoms with Crippen molar-refractivity contribution in [2.24, 2.45) is 17.8 Å². The molecular formula is C53H94BrMgO9Si-. The van der Waals surface area contributed by atoms with E-state index in [1.54, 1.807) is 20.8 Å². The fourth-order valence-electron chi connectivity index (χ4n) is 9.21. The Balaban J connectivity index is -0.000000188. The maximum absolute atomic E-state index is 12.6. The third-order valence-electron chi connectivity index (χ3n) is 12.0.